The molecule has 1 atom stereocenters. The molecule has 0 aliphatic carbocycles. The number of hydrogen-bond acceptors (Lipinski definition) is 1. The molecule has 12 heavy (non-hydrogen) atoms. The Bertz CT molecular complexity index is 408. The van der Waals surface area contributed by atoms with Crippen LogP contribution in [0, 0.1) is 0 Å². The van der Waals surface area contributed by atoms with Gasteiger partial charge in [0.25, 0.3) is 0 Å². The first kappa shape index (κ1) is 6.26. The second-order valence-electron chi connectivity index (χ2n) is 2.73. The van der Waals surface area contributed by atoms with Gasteiger partial charge in [-0.3, -0.25) is 0 Å². The summed E-state index contributed by atoms with van der Waals surface area (Å²) in [6, 6.07) is 7.97. The van der Waals surface area contributed by atoms with Gasteiger partial charge < -0.3 is 10.7 Å². The molecule has 0 aliphatic rings. The molecule has 2 aromatic rings. The Morgan fingerprint density at radius 3 is 3.08 bits per heavy atom. The Balaban J connectivity index is 2.57. The number of rotatable bonds is 2. The van der Waals surface area contributed by atoms with Crippen LogP contribution in [0.1, 0.15) is 6.93 Å². The van der Waals surface area contributed by atoms with E-state index in [1.807, 2.05) is 30.5 Å². The summed E-state index contributed by atoms with van der Waals surface area (Å²) in [6.45, 7) is 0.363. The maximum Gasteiger partial charge on any atom is 0.0456 e. The molecule has 0 fully saturated rings. The smallest absolute Gasteiger partial charge is 0.0456 e. The van der Waals surface area contributed by atoms with Crippen molar-refractivity contribution in [1.82, 2.24) is 4.98 Å². The van der Waals surface area contributed by atoms with Gasteiger partial charge in [-0.1, -0.05) is 18.2 Å². The molecule has 2 rings (SSSR count). The van der Waals surface area contributed by atoms with E-state index < -0.39 is 0 Å². The third-order valence-corrected chi connectivity index (χ3v) is 1.96. The Morgan fingerprint density at radius 1 is 1.42 bits per heavy atom. The van der Waals surface area contributed by atoms with E-state index in [9.17, 15) is 0 Å². The van der Waals surface area contributed by atoms with E-state index in [-0.39, 0.29) is 6.40 Å². The Hall–Kier alpha value is -1.28. The van der Waals surface area contributed by atoms with Crippen molar-refractivity contribution in [3.05, 3.63) is 36.0 Å². The number of benzene rings is 1. The normalized spacial score (nSPS) is 14.6. The van der Waals surface area contributed by atoms with Gasteiger partial charge in [-0.2, -0.15) is 0 Å². The van der Waals surface area contributed by atoms with Crippen molar-refractivity contribution < 1.29 is 1.37 Å². The molecule has 0 saturated carbocycles. The van der Waals surface area contributed by atoms with Gasteiger partial charge in [0.1, 0.15) is 0 Å². The van der Waals surface area contributed by atoms with E-state index in [1.165, 1.54) is 0 Å². The van der Waals surface area contributed by atoms with Crippen molar-refractivity contribution in [2.45, 2.75) is 6.40 Å². The zero-order valence-corrected chi connectivity index (χ0v) is 6.75. The van der Waals surface area contributed by atoms with Gasteiger partial charge in [-0.15, -0.1) is 0 Å². The summed E-state index contributed by atoms with van der Waals surface area (Å²) in [5.41, 5.74) is 7.51. The Labute approximate surface area is 72.8 Å². The standard InChI is InChI=1S/C10H12N2/c11-6-5-8-7-12-10-4-2-1-3-9(8)10/h1-4,7,12H,5-6,11H2/i5D. The lowest BCUT2D eigenvalue weighted by atomic mass is 10.1. The zero-order valence-electron chi connectivity index (χ0n) is 7.75. The van der Waals surface area contributed by atoms with E-state index in [0.29, 0.717) is 6.54 Å². The van der Waals surface area contributed by atoms with Crippen LogP contribution in [0.3, 0.4) is 0 Å². The number of aromatic nitrogens is 1. The molecule has 1 unspecified atom stereocenters. The summed E-state index contributed by atoms with van der Waals surface area (Å²) in [6.07, 6.45) is 1.55. The van der Waals surface area contributed by atoms with Gasteiger partial charge in [0.05, 0.1) is 0 Å². The number of nitrogens with one attached hydrogen (secondary N) is 1. The Kier molecular flexibility index (Phi) is 1.56. The van der Waals surface area contributed by atoms with Crippen LogP contribution in [0.15, 0.2) is 30.5 Å². The molecule has 0 saturated heterocycles. The average molecular weight is 161 g/mol. The summed E-state index contributed by atoms with van der Waals surface area (Å²) >= 11 is 0. The van der Waals surface area contributed by atoms with Gasteiger partial charge in [0, 0.05) is 18.5 Å². The van der Waals surface area contributed by atoms with Crippen LogP contribution < -0.4 is 5.73 Å². The van der Waals surface area contributed by atoms with E-state index in [1.54, 1.807) is 0 Å². The third kappa shape index (κ3) is 1.10. The first-order valence-electron chi connectivity index (χ1n) is 4.59. The van der Waals surface area contributed by atoms with E-state index in [2.05, 4.69) is 4.98 Å². The maximum absolute atomic E-state index is 7.72. The van der Waals surface area contributed by atoms with Gasteiger partial charge in [-0.05, 0) is 24.6 Å². The highest BCUT2D eigenvalue weighted by atomic mass is 14.7. The predicted molar refractivity (Wildman–Crippen MR) is 51.1 cm³/mol. The monoisotopic (exact) mass is 161 g/mol. The van der Waals surface area contributed by atoms with Crippen molar-refractivity contribution >= 4 is 10.9 Å². The van der Waals surface area contributed by atoms with Crippen LogP contribution in [0.2, 0.25) is 0 Å². The predicted octanol–water partition coefficient (Wildman–Crippen LogP) is 1.67. The van der Waals surface area contributed by atoms with Crippen molar-refractivity contribution in [1.29, 1.82) is 0 Å². The summed E-state index contributed by atoms with van der Waals surface area (Å²) in [5.74, 6) is 0. The van der Waals surface area contributed by atoms with Crippen LogP contribution >= 0.6 is 0 Å². The lowest BCUT2D eigenvalue weighted by Crippen LogP contribution is -2.01. The fourth-order valence-electron chi connectivity index (χ4n) is 1.39. The summed E-state index contributed by atoms with van der Waals surface area (Å²) in [7, 11) is 0. The lowest BCUT2D eigenvalue weighted by Gasteiger charge is -1.93. The highest BCUT2D eigenvalue weighted by Gasteiger charge is 1.99. The lowest BCUT2D eigenvalue weighted by molar-refractivity contribution is 0.976. The molecule has 2 heteroatoms. The zero-order chi connectivity index (χ0) is 9.26. The highest BCUT2D eigenvalue weighted by Crippen LogP contribution is 2.17. The summed E-state index contributed by atoms with van der Waals surface area (Å²) in [4.78, 5) is 3.13. The van der Waals surface area contributed by atoms with Crippen molar-refractivity contribution in [2.75, 3.05) is 6.54 Å². The van der Waals surface area contributed by atoms with Crippen molar-refractivity contribution in [3.63, 3.8) is 0 Å². The highest BCUT2D eigenvalue weighted by molar-refractivity contribution is 5.82. The maximum atomic E-state index is 7.72. The van der Waals surface area contributed by atoms with Gasteiger partial charge in [0.15, 0.2) is 0 Å². The van der Waals surface area contributed by atoms with Crippen LogP contribution in [0.25, 0.3) is 10.9 Å². The number of aromatic amines is 1. The van der Waals surface area contributed by atoms with Gasteiger partial charge in [0.2, 0.25) is 0 Å². The second kappa shape index (κ2) is 2.99. The van der Waals surface area contributed by atoms with Crippen LogP contribution in [-0.2, 0) is 6.40 Å². The number of para-hydroxylation sites is 1. The van der Waals surface area contributed by atoms with Crippen LogP contribution in [-0.4, -0.2) is 11.5 Å². The molecule has 3 N–H and O–H groups in total. The van der Waals surface area contributed by atoms with Crippen LogP contribution in [0.5, 0.6) is 0 Å². The third-order valence-electron chi connectivity index (χ3n) is 1.96. The largest absolute Gasteiger partial charge is 0.361 e. The molecule has 0 radical (unpaired) electrons. The van der Waals surface area contributed by atoms with Gasteiger partial charge in [-0.25, -0.2) is 0 Å². The number of nitrogens with two attached hydrogens (primary N) is 1. The molecule has 1 heterocycles. The van der Waals surface area contributed by atoms with E-state index in [0.717, 1.165) is 16.5 Å². The minimum Gasteiger partial charge on any atom is -0.361 e. The van der Waals surface area contributed by atoms with E-state index in [4.69, 9.17) is 7.10 Å². The number of fused-ring (bicyclic) bond motifs is 1. The topological polar surface area (TPSA) is 41.8 Å². The SMILES string of the molecule is [2H]C(CN)c1c[nH]c2ccccc12. The fraction of sp³-hybridized carbons (Fsp3) is 0.200. The number of H-pyrrole nitrogens is 1. The van der Waals surface area contributed by atoms with Crippen molar-refractivity contribution in [3.8, 4) is 0 Å². The molecular formula is C10H12N2. The second-order valence-corrected chi connectivity index (χ2v) is 2.73. The quantitative estimate of drug-likeness (QED) is 0.691. The minimum atomic E-state index is -0.323. The molecule has 0 bridgehead atoms. The molecule has 1 aromatic carbocycles. The molecule has 62 valence electrons. The van der Waals surface area contributed by atoms with Crippen molar-refractivity contribution in [2.24, 2.45) is 5.73 Å². The molecule has 0 spiro atoms. The first-order valence-corrected chi connectivity index (χ1v) is 4.01. The molecular weight excluding hydrogens is 148 g/mol. The van der Waals surface area contributed by atoms with Gasteiger partial charge >= 0.3 is 0 Å². The van der Waals surface area contributed by atoms with E-state index >= 15 is 0 Å². The average Bonchev–Trinajstić information content (AvgIpc) is 2.60. The summed E-state index contributed by atoms with van der Waals surface area (Å²) in [5, 5.41) is 1.10. The fourth-order valence-corrected chi connectivity index (χ4v) is 1.39. The Morgan fingerprint density at radius 2 is 2.25 bits per heavy atom. The molecule has 0 amide bonds. The molecule has 2 nitrogen and oxygen atoms in total. The summed E-state index contributed by atoms with van der Waals surface area (Å²) < 4.78 is 7.72. The number of hydrogen-bond donors (Lipinski definition) is 2. The molecule has 1 aromatic heterocycles. The first-order chi connectivity index (χ1) is 6.33. The molecule has 0 aliphatic heterocycles. The minimum absolute atomic E-state index is 0.323. The van der Waals surface area contributed by atoms with Crippen LogP contribution in [0.4, 0.5) is 0 Å².